The Bertz CT molecular complexity index is 1670. The van der Waals surface area contributed by atoms with Gasteiger partial charge in [-0.2, -0.15) is 5.10 Å². The van der Waals surface area contributed by atoms with Gasteiger partial charge in [-0.05, 0) is 81.4 Å². The number of hydrogen-bond donors (Lipinski definition) is 1. The van der Waals surface area contributed by atoms with E-state index in [1.54, 1.807) is 48.5 Å². The number of hydrazone groups is 1. The summed E-state index contributed by atoms with van der Waals surface area (Å²) in [7, 11) is -2.54. The Labute approximate surface area is 243 Å². The zero-order valence-electron chi connectivity index (χ0n) is 22.4. The number of sulfonamides is 1. The Balaban J connectivity index is 1.56. The van der Waals surface area contributed by atoms with Gasteiger partial charge in [0.15, 0.2) is 0 Å². The molecule has 1 aromatic heterocycles. The number of ether oxygens (including phenoxy) is 1. The summed E-state index contributed by atoms with van der Waals surface area (Å²) < 4.78 is 35.3. The highest BCUT2D eigenvalue weighted by molar-refractivity contribution is 7.92. The lowest BCUT2D eigenvalue weighted by Gasteiger charge is -2.24. The van der Waals surface area contributed by atoms with E-state index >= 15 is 0 Å². The number of hydrogen-bond acceptors (Lipinski definition) is 5. The average Bonchev–Trinajstić information content (AvgIpc) is 3.21. The Morgan fingerprint density at radius 2 is 1.65 bits per heavy atom. The quantitative estimate of drug-likeness (QED) is 0.187. The number of amides is 1. The van der Waals surface area contributed by atoms with Gasteiger partial charge < -0.3 is 9.30 Å². The third-order valence-corrected chi connectivity index (χ3v) is 8.81. The smallest absolute Gasteiger partial charge is 0.264 e. The molecule has 0 atom stereocenters. The van der Waals surface area contributed by atoms with E-state index in [0.717, 1.165) is 32.5 Å². The first-order valence-electron chi connectivity index (χ1n) is 12.2. The largest absolute Gasteiger partial charge is 0.497 e. The van der Waals surface area contributed by atoms with Gasteiger partial charge in [0.05, 0.1) is 34.0 Å². The number of nitrogens with zero attached hydrogens (tertiary/aromatic N) is 3. The van der Waals surface area contributed by atoms with Crippen molar-refractivity contribution in [3.05, 3.63) is 105 Å². The summed E-state index contributed by atoms with van der Waals surface area (Å²) in [5.41, 5.74) is 7.08. The third-order valence-electron chi connectivity index (χ3n) is 6.28. The molecule has 0 bridgehead atoms. The van der Waals surface area contributed by atoms with Gasteiger partial charge in [0.2, 0.25) is 0 Å². The van der Waals surface area contributed by atoms with E-state index in [-0.39, 0.29) is 4.90 Å². The van der Waals surface area contributed by atoms with Crippen molar-refractivity contribution in [3.63, 3.8) is 0 Å². The maximum atomic E-state index is 13.5. The number of carbonyl (C=O) groups excluding carboxylic acids is 1. The summed E-state index contributed by atoms with van der Waals surface area (Å²) in [6.45, 7) is 5.24. The summed E-state index contributed by atoms with van der Waals surface area (Å²) in [5.74, 6) is -0.0509. The fraction of sp³-hybridized carbons (Fsp3) is 0.172. The fourth-order valence-corrected chi connectivity index (χ4v) is 5.89. The highest BCUT2D eigenvalue weighted by Crippen LogP contribution is 2.28. The van der Waals surface area contributed by atoms with Crippen molar-refractivity contribution < 1.29 is 17.9 Å². The van der Waals surface area contributed by atoms with Crippen molar-refractivity contribution in [1.82, 2.24) is 9.99 Å². The molecule has 208 valence electrons. The van der Waals surface area contributed by atoms with Gasteiger partial charge in [0.25, 0.3) is 15.9 Å². The normalized spacial score (nSPS) is 11.6. The molecule has 40 heavy (non-hydrogen) atoms. The molecule has 1 N–H and O–H groups in total. The fourth-order valence-electron chi connectivity index (χ4n) is 4.18. The Morgan fingerprint density at radius 3 is 2.27 bits per heavy atom. The van der Waals surface area contributed by atoms with Gasteiger partial charge in [0, 0.05) is 22.6 Å². The van der Waals surface area contributed by atoms with Crippen LogP contribution in [0.2, 0.25) is 10.0 Å². The zero-order chi connectivity index (χ0) is 29.0. The monoisotopic (exact) mass is 598 g/mol. The second-order valence-corrected chi connectivity index (χ2v) is 11.8. The number of carbonyl (C=O) groups is 1. The topological polar surface area (TPSA) is 93.0 Å². The minimum atomic E-state index is -4.05. The molecule has 11 heteroatoms. The van der Waals surface area contributed by atoms with Crippen molar-refractivity contribution in [2.75, 3.05) is 18.0 Å². The molecule has 0 spiro atoms. The van der Waals surface area contributed by atoms with E-state index in [1.165, 1.54) is 25.5 Å². The molecule has 0 aliphatic heterocycles. The van der Waals surface area contributed by atoms with Crippen LogP contribution in [0.3, 0.4) is 0 Å². The summed E-state index contributed by atoms with van der Waals surface area (Å²) in [4.78, 5) is 13.0. The van der Waals surface area contributed by atoms with E-state index in [1.807, 2.05) is 37.5 Å². The van der Waals surface area contributed by atoms with E-state index in [2.05, 4.69) is 10.5 Å². The van der Waals surface area contributed by atoms with Gasteiger partial charge in [-0.1, -0.05) is 40.9 Å². The number of rotatable bonds is 9. The minimum absolute atomic E-state index is 0.0694. The minimum Gasteiger partial charge on any atom is -0.497 e. The SMILES string of the molecule is COc1ccc(N(CC(=O)N/N=C\c2cc(C)n(-c3ccc(Cl)c(Cl)c3)c2C)S(=O)(=O)c2ccc(C)cc2)cc1. The van der Waals surface area contributed by atoms with Crippen LogP contribution in [0.5, 0.6) is 5.75 Å². The van der Waals surface area contributed by atoms with Gasteiger partial charge in [0.1, 0.15) is 12.3 Å². The first kappa shape index (κ1) is 29.2. The van der Waals surface area contributed by atoms with Gasteiger partial charge in [-0.15, -0.1) is 0 Å². The molecule has 0 fully saturated rings. The molecule has 3 aromatic carbocycles. The average molecular weight is 600 g/mol. The molecule has 0 unspecified atom stereocenters. The van der Waals surface area contributed by atoms with Crippen LogP contribution in [0.15, 0.2) is 82.8 Å². The lowest BCUT2D eigenvalue weighted by molar-refractivity contribution is -0.119. The second-order valence-electron chi connectivity index (χ2n) is 9.08. The van der Waals surface area contributed by atoms with Crippen LogP contribution in [-0.2, 0) is 14.8 Å². The number of anilines is 1. The lowest BCUT2D eigenvalue weighted by Crippen LogP contribution is -2.39. The molecule has 8 nitrogen and oxygen atoms in total. The molecule has 0 saturated heterocycles. The van der Waals surface area contributed by atoms with Crippen LogP contribution in [0, 0.1) is 20.8 Å². The molecule has 0 radical (unpaired) electrons. The molecule has 1 heterocycles. The van der Waals surface area contributed by atoms with Crippen molar-refractivity contribution in [2.45, 2.75) is 25.7 Å². The highest BCUT2D eigenvalue weighted by Gasteiger charge is 2.27. The maximum Gasteiger partial charge on any atom is 0.264 e. The van der Waals surface area contributed by atoms with Gasteiger partial charge in [-0.3, -0.25) is 9.10 Å². The molecular formula is C29H28Cl2N4O4S. The standard InChI is InChI=1S/C29H28Cl2N4O4S/c1-19-5-12-26(13-6-19)40(37,38)34(23-7-10-25(39-4)11-8-23)18-29(36)33-32-17-22-15-20(2)35(21(22)3)24-9-14-27(30)28(31)16-24/h5-17H,18H2,1-4H3,(H,33,36)/b32-17-. The Kier molecular flexibility index (Phi) is 8.88. The number of nitrogens with one attached hydrogen (secondary N) is 1. The van der Waals surface area contributed by atoms with Crippen LogP contribution in [0.1, 0.15) is 22.5 Å². The number of halogens is 2. The van der Waals surface area contributed by atoms with E-state index < -0.39 is 22.5 Å². The predicted molar refractivity (Wildman–Crippen MR) is 160 cm³/mol. The van der Waals surface area contributed by atoms with Crippen molar-refractivity contribution in [1.29, 1.82) is 0 Å². The summed E-state index contributed by atoms with van der Waals surface area (Å²) in [5, 5.41) is 5.00. The third kappa shape index (κ3) is 6.33. The van der Waals surface area contributed by atoms with E-state index in [0.29, 0.717) is 21.5 Å². The molecule has 1 amide bonds. The van der Waals surface area contributed by atoms with Crippen LogP contribution < -0.4 is 14.5 Å². The molecule has 0 aliphatic rings. The van der Waals surface area contributed by atoms with Crippen LogP contribution in [-0.4, -0.2) is 38.8 Å². The summed E-state index contributed by atoms with van der Waals surface area (Å²) >= 11 is 12.3. The van der Waals surface area contributed by atoms with Crippen molar-refractivity contribution in [2.24, 2.45) is 5.10 Å². The number of aromatic nitrogens is 1. The summed E-state index contributed by atoms with van der Waals surface area (Å²) in [6, 6.07) is 20.1. The lowest BCUT2D eigenvalue weighted by atomic mass is 10.2. The van der Waals surface area contributed by atoms with E-state index in [9.17, 15) is 13.2 Å². The number of benzene rings is 3. The summed E-state index contributed by atoms with van der Waals surface area (Å²) in [6.07, 6.45) is 1.51. The van der Waals surface area contributed by atoms with Gasteiger partial charge in [-0.25, -0.2) is 13.8 Å². The maximum absolute atomic E-state index is 13.5. The number of aryl methyl sites for hydroxylation is 2. The molecule has 0 saturated carbocycles. The van der Waals surface area contributed by atoms with E-state index in [4.69, 9.17) is 27.9 Å². The van der Waals surface area contributed by atoms with Crippen molar-refractivity contribution >= 4 is 51.0 Å². The first-order chi connectivity index (χ1) is 19.0. The highest BCUT2D eigenvalue weighted by atomic mass is 35.5. The van der Waals surface area contributed by atoms with Gasteiger partial charge >= 0.3 is 0 Å². The Morgan fingerprint density at radius 1 is 0.975 bits per heavy atom. The van der Waals surface area contributed by atoms with Crippen LogP contribution in [0.4, 0.5) is 5.69 Å². The Hall–Kier alpha value is -3.79. The molecule has 4 aromatic rings. The van der Waals surface area contributed by atoms with Crippen LogP contribution >= 0.6 is 23.2 Å². The van der Waals surface area contributed by atoms with Crippen molar-refractivity contribution in [3.8, 4) is 11.4 Å². The molecular weight excluding hydrogens is 571 g/mol. The van der Waals surface area contributed by atoms with Crippen LogP contribution in [0.25, 0.3) is 5.69 Å². The number of methoxy groups -OCH3 is 1. The molecule has 4 rings (SSSR count). The predicted octanol–water partition coefficient (Wildman–Crippen LogP) is 6.06. The zero-order valence-corrected chi connectivity index (χ0v) is 24.7. The molecule has 0 aliphatic carbocycles. The second kappa shape index (κ2) is 12.2. The first-order valence-corrected chi connectivity index (χ1v) is 14.4.